The molecule has 1 heterocycles. The van der Waals surface area contributed by atoms with E-state index < -0.39 is 15.6 Å². The molecule has 1 aliphatic heterocycles. The van der Waals surface area contributed by atoms with Gasteiger partial charge in [-0.25, -0.2) is 8.42 Å². The number of rotatable bonds is 4. The Morgan fingerprint density at radius 2 is 1.39 bits per heavy atom. The van der Waals surface area contributed by atoms with Crippen molar-refractivity contribution < 1.29 is 8.42 Å². The first-order valence-corrected chi connectivity index (χ1v) is 12.9. The van der Waals surface area contributed by atoms with E-state index in [0.717, 1.165) is 28.3 Å². The van der Waals surface area contributed by atoms with E-state index in [0.29, 0.717) is 11.4 Å². The molecule has 168 valence electrons. The Labute approximate surface area is 196 Å². The zero-order chi connectivity index (χ0) is 23.2. The number of benzene rings is 4. The van der Waals surface area contributed by atoms with Crippen LogP contribution in [0.4, 0.5) is 0 Å². The predicted molar refractivity (Wildman–Crippen MR) is 135 cm³/mol. The lowest BCUT2D eigenvalue weighted by Crippen LogP contribution is -2.42. The molecule has 1 aliphatic rings. The Morgan fingerprint density at radius 1 is 0.788 bits per heavy atom. The first kappa shape index (κ1) is 21.9. The van der Waals surface area contributed by atoms with Gasteiger partial charge in [0.15, 0.2) is 0 Å². The fourth-order valence-corrected chi connectivity index (χ4v) is 6.92. The Kier molecular flexibility index (Phi) is 5.38. The first-order valence-electron chi connectivity index (χ1n) is 11.4. The first-order chi connectivity index (χ1) is 15.8. The highest BCUT2D eigenvalue weighted by Gasteiger charge is 2.49. The lowest BCUT2D eigenvalue weighted by Gasteiger charge is -2.35. The highest BCUT2D eigenvalue weighted by atomic mass is 32.2. The van der Waals surface area contributed by atoms with Crippen LogP contribution in [0.15, 0.2) is 95.9 Å². The molecule has 4 aromatic rings. The van der Waals surface area contributed by atoms with Gasteiger partial charge in [-0.05, 0) is 73.2 Å². The average Bonchev–Trinajstić information content (AvgIpc) is 3.19. The van der Waals surface area contributed by atoms with E-state index in [1.165, 1.54) is 11.1 Å². The molecule has 5 rings (SSSR count). The molecule has 4 heteroatoms. The second-order valence-electron chi connectivity index (χ2n) is 9.50. The van der Waals surface area contributed by atoms with Crippen LogP contribution in [0, 0.1) is 13.8 Å². The minimum Gasteiger partial charge on any atom is -0.207 e. The van der Waals surface area contributed by atoms with E-state index in [1.807, 2.05) is 31.2 Å². The van der Waals surface area contributed by atoms with Crippen molar-refractivity contribution in [1.82, 2.24) is 4.31 Å². The molecule has 0 bridgehead atoms. The third-order valence-electron chi connectivity index (χ3n) is 7.11. The maximum Gasteiger partial charge on any atom is 0.243 e. The van der Waals surface area contributed by atoms with Gasteiger partial charge >= 0.3 is 0 Å². The number of nitrogens with zero attached hydrogens (tertiary/aromatic N) is 1. The third-order valence-corrected chi connectivity index (χ3v) is 9.11. The van der Waals surface area contributed by atoms with Crippen LogP contribution in [0.5, 0.6) is 0 Å². The molecule has 3 nitrogen and oxygen atoms in total. The summed E-state index contributed by atoms with van der Waals surface area (Å²) in [5.74, 6) is 0.127. The molecular formula is C29H29NO2S. The zero-order valence-corrected chi connectivity index (χ0v) is 20.1. The van der Waals surface area contributed by atoms with Gasteiger partial charge < -0.3 is 0 Å². The SMILES string of the molecule is Cc1ccc(C2CN(S(=O)(=O)c3ccc(C)cc3)C(C)(c3ccc4ccccc4c3)C2)cc1. The second kappa shape index (κ2) is 8.12. The van der Waals surface area contributed by atoms with Crippen molar-refractivity contribution in [1.29, 1.82) is 0 Å². The fourth-order valence-electron chi connectivity index (χ4n) is 5.10. The summed E-state index contributed by atoms with van der Waals surface area (Å²) in [6.07, 6.45) is 0.736. The maximum absolute atomic E-state index is 14.0. The van der Waals surface area contributed by atoms with Gasteiger partial charge in [0.25, 0.3) is 0 Å². The average molecular weight is 456 g/mol. The molecule has 0 aromatic heterocycles. The molecule has 1 saturated heterocycles. The topological polar surface area (TPSA) is 37.4 Å². The van der Waals surface area contributed by atoms with Gasteiger partial charge in [0, 0.05) is 6.54 Å². The van der Waals surface area contributed by atoms with Crippen molar-refractivity contribution in [2.24, 2.45) is 0 Å². The Morgan fingerprint density at radius 3 is 2.06 bits per heavy atom. The molecule has 1 fully saturated rings. The quantitative estimate of drug-likeness (QED) is 0.350. The fraction of sp³-hybridized carbons (Fsp3) is 0.241. The third kappa shape index (κ3) is 3.88. The summed E-state index contributed by atoms with van der Waals surface area (Å²) in [4.78, 5) is 0.352. The minimum absolute atomic E-state index is 0.127. The van der Waals surface area contributed by atoms with Gasteiger partial charge in [0.05, 0.1) is 10.4 Å². The maximum atomic E-state index is 14.0. The number of fused-ring (bicyclic) bond motifs is 1. The number of hydrogen-bond acceptors (Lipinski definition) is 2. The van der Waals surface area contributed by atoms with Crippen LogP contribution in [0.25, 0.3) is 10.8 Å². The van der Waals surface area contributed by atoms with Crippen molar-refractivity contribution >= 4 is 20.8 Å². The lowest BCUT2D eigenvalue weighted by atomic mass is 9.84. The molecular weight excluding hydrogens is 426 g/mol. The summed E-state index contributed by atoms with van der Waals surface area (Å²) in [6.45, 7) is 6.59. The van der Waals surface area contributed by atoms with Crippen molar-refractivity contribution in [2.45, 2.75) is 43.5 Å². The van der Waals surface area contributed by atoms with Crippen LogP contribution >= 0.6 is 0 Å². The van der Waals surface area contributed by atoms with Gasteiger partial charge in [0.1, 0.15) is 0 Å². The Hall–Kier alpha value is -2.95. The standard InChI is InChI=1S/C29H29NO2S/c1-21-8-12-24(13-9-21)26-19-29(3,27-15-14-23-6-4-5-7-25(23)18-27)30(20-26)33(31,32)28-16-10-22(2)11-17-28/h4-18,26H,19-20H2,1-3H3. The summed E-state index contributed by atoms with van der Waals surface area (Å²) in [7, 11) is -3.68. The second-order valence-corrected chi connectivity index (χ2v) is 11.4. The van der Waals surface area contributed by atoms with Crippen molar-refractivity contribution in [3.05, 3.63) is 113 Å². The molecule has 33 heavy (non-hydrogen) atoms. The molecule has 2 atom stereocenters. The largest absolute Gasteiger partial charge is 0.243 e. The van der Waals surface area contributed by atoms with E-state index in [2.05, 4.69) is 68.4 Å². The van der Waals surface area contributed by atoms with Crippen molar-refractivity contribution in [3.63, 3.8) is 0 Å². The lowest BCUT2D eigenvalue weighted by molar-refractivity contribution is 0.270. The number of sulfonamides is 1. The highest BCUT2D eigenvalue weighted by molar-refractivity contribution is 7.89. The van der Waals surface area contributed by atoms with E-state index in [9.17, 15) is 8.42 Å². The normalized spacial score (nSPS) is 21.5. The van der Waals surface area contributed by atoms with Crippen LogP contribution in [0.2, 0.25) is 0 Å². The highest BCUT2D eigenvalue weighted by Crippen LogP contribution is 2.48. The van der Waals surface area contributed by atoms with Crippen LogP contribution in [-0.4, -0.2) is 19.3 Å². The van der Waals surface area contributed by atoms with Crippen LogP contribution < -0.4 is 0 Å². The zero-order valence-electron chi connectivity index (χ0n) is 19.3. The Bertz CT molecular complexity index is 1410. The predicted octanol–water partition coefficient (Wildman–Crippen LogP) is 6.55. The summed E-state index contributed by atoms with van der Waals surface area (Å²) in [6, 6.07) is 30.3. The van der Waals surface area contributed by atoms with Crippen LogP contribution in [0.3, 0.4) is 0 Å². The molecule has 0 saturated carbocycles. The number of aryl methyl sites for hydroxylation is 2. The van der Waals surface area contributed by atoms with E-state index in [1.54, 1.807) is 16.4 Å². The molecule has 0 spiro atoms. The van der Waals surface area contributed by atoms with Crippen LogP contribution in [-0.2, 0) is 15.6 Å². The van der Waals surface area contributed by atoms with Gasteiger partial charge in [-0.1, -0.05) is 83.9 Å². The minimum atomic E-state index is -3.68. The summed E-state index contributed by atoms with van der Waals surface area (Å²) in [5.41, 5.74) is 3.83. The summed E-state index contributed by atoms with van der Waals surface area (Å²) < 4.78 is 29.6. The molecule has 2 unspecified atom stereocenters. The Balaban J connectivity index is 1.64. The van der Waals surface area contributed by atoms with Gasteiger partial charge in [-0.2, -0.15) is 4.31 Å². The molecule has 0 amide bonds. The molecule has 0 radical (unpaired) electrons. The molecule has 4 aromatic carbocycles. The van der Waals surface area contributed by atoms with Crippen molar-refractivity contribution in [3.8, 4) is 0 Å². The monoisotopic (exact) mass is 455 g/mol. The summed E-state index contributed by atoms with van der Waals surface area (Å²) >= 11 is 0. The van der Waals surface area contributed by atoms with Gasteiger partial charge in [0.2, 0.25) is 10.0 Å². The van der Waals surface area contributed by atoms with E-state index in [4.69, 9.17) is 0 Å². The van der Waals surface area contributed by atoms with Gasteiger partial charge in [-0.15, -0.1) is 0 Å². The van der Waals surface area contributed by atoms with E-state index in [-0.39, 0.29) is 5.92 Å². The molecule has 0 aliphatic carbocycles. The van der Waals surface area contributed by atoms with Crippen molar-refractivity contribution in [2.75, 3.05) is 6.54 Å². The van der Waals surface area contributed by atoms with Gasteiger partial charge in [-0.3, -0.25) is 0 Å². The van der Waals surface area contributed by atoms with E-state index >= 15 is 0 Å². The molecule has 0 N–H and O–H groups in total. The summed E-state index contributed by atoms with van der Waals surface area (Å²) in [5, 5.41) is 2.29. The van der Waals surface area contributed by atoms with Crippen LogP contribution in [0.1, 0.15) is 41.5 Å². The number of hydrogen-bond donors (Lipinski definition) is 0. The smallest absolute Gasteiger partial charge is 0.207 e.